The Balaban J connectivity index is 1.46. The number of hydrogen-bond acceptors (Lipinski definition) is 6. The number of carbonyl (C=O) groups excluding carboxylic acids is 2. The van der Waals surface area contributed by atoms with E-state index in [1.54, 1.807) is 38.4 Å². The van der Waals surface area contributed by atoms with E-state index in [1.807, 2.05) is 30.3 Å². The Morgan fingerprint density at radius 3 is 2.70 bits per heavy atom. The Labute approximate surface area is 174 Å². The van der Waals surface area contributed by atoms with Gasteiger partial charge in [0.25, 0.3) is 0 Å². The Hall–Kier alpha value is -3.88. The minimum Gasteiger partial charge on any atom is -0.497 e. The SMILES string of the molecule is COc1cccc(NC(=O)N(C)CCc2noc(C(=O)NCc3ccccc3)n2)c1. The summed E-state index contributed by atoms with van der Waals surface area (Å²) in [6.07, 6.45) is 0.345. The molecule has 0 unspecified atom stereocenters. The zero-order valence-electron chi connectivity index (χ0n) is 16.8. The molecule has 0 aliphatic rings. The van der Waals surface area contributed by atoms with Crippen LogP contribution < -0.4 is 15.4 Å². The molecule has 0 fully saturated rings. The molecular formula is C21H23N5O4. The van der Waals surface area contributed by atoms with E-state index in [4.69, 9.17) is 9.26 Å². The molecule has 0 aliphatic carbocycles. The minimum atomic E-state index is -0.443. The predicted molar refractivity (Wildman–Crippen MR) is 110 cm³/mol. The van der Waals surface area contributed by atoms with Gasteiger partial charge in [-0.3, -0.25) is 4.79 Å². The molecule has 0 atom stereocenters. The van der Waals surface area contributed by atoms with E-state index >= 15 is 0 Å². The average Bonchev–Trinajstić information content (AvgIpc) is 3.26. The fourth-order valence-electron chi connectivity index (χ4n) is 2.59. The van der Waals surface area contributed by atoms with Crippen LogP contribution in [0.15, 0.2) is 59.1 Å². The maximum absolute atomic E-state index is 12.3. The summed E-state index contributed by atoms with van der Waals surface area (Å²) < 4.78 is 10.2. The number of nitrogens with one attached hydrogen (secondary N) is 2. The van der Waals surface area contributed by atoms with Gasteiger partial charge in [-0.05, 0) is 17.7 Å². The highest BCUT2D eigenvalue weighted by Crippen LogP contribution is 2.17. The maximum Gasteiger partial charge on any atom is 0.321 e. The summed E-state index contributed by atoms with van der Waals surface area (Å²) in [5.74, 6) is 0.451. The molecule has 0 bridgehead atoms. The molecule has 3 aromatic rings. The lowest BCUT2D eigenvalue weighted by atomic mass is 10.2. The third-order valence-corrected chi connectivity index (χ3v) is 4.30. The smallest absolute Gasteiger partial charge is 0.321 e. The Morgan fingerprint density at radius 1 is 1.13 bits per heavy atom. The minimum absolute atomic E-state index is 0.107. The first-order valence-electron chi connectivity index (χ1n) is 9.36. The van der Waals surface area contributed by atoms with Crippen molar-refractivity contribution in [2.45, 2.75) is 13.0 Å². The molecule has 156 valence electrons. The summed E-state index contributed by atoms with van der Waals surface area (Å²) in [6.45, 7) is 0.713. The molecule has 9 nitrogen and oxygen atoms in total. The van der Waals surface area contributed by atoms with Crippen LogP contribution in [0.4, 0.5) is 10.5 Å². The standard InChI is InChI=1S/C21H23N5O4/c1-26(21(28)23-16-9-6-10-17(13-16)29-2)12-11-18-24-20(30-25-18)19(27)22-14-15-7-4-3-5-8-15/h3-10,13H,11-12,14H2,1-2H3,(H,22,27)(H,23,28). The number of methoxy groups -OCH3 is 1. The normalized spacial score (nSPS) is 10.3. The summed E-state index contributed by atoms with van der Waals surface area (Å²) in [7, 11) is 3.22. The van der Waals surface area contributed by atoms with Crippen molar-refractivity contribution in [2.75, 3.05) is 26.0 Å². The van der Waals surface area contributed by atoms with E-state index < -0.39 is 5.91 Å². The third-order valence-electron chi connectivity index (χ3n) is 4.30. The summed E-state index contributed by atoms with van der Waals surface area (Å²) in [4.78, 5) is 30.0. The fraction of sp³-hybridized carbons (Fsp3) is 0.238. The van der Waals surface area contributed by atoms with Gasteiger partial charge in [-0.2, -0.15) is 4.98 Å². The number of amides is 3. The summed E-state index contributed by atoms with van der Waals surface area (Å²) in [5.41, 5.74) is 1.59. The molecular weight excluding hydrogens is 386 g/mol. The number of rotatable bonds is 8. The molecule has 0 saturated carbocycles. The second kappa shape index (κ2) is 10.1. The highest BCUT2D eigenvalue weighted by Gasteiger charge is 2.16. The molecule has 1 heterocycles. The molecule has 3 rings (SSSR count). The van der Waals surface area contributed by atoms with Crippen molar-refractivity contribution >= 4 is 17.6 Å². The van der Waals surface area contributed by atoms with Crippen LogP contribution in [-0.2, 0) is 13.0 Å². The lowest BCUT2D eigenvalue weighted by molar-refractivity contribution is 0.0907. The largest absolute Gasteiger partial charge is 0.497 e. The van der Waals surface area contributed by atoms with E-state index in [0.717, 1.165) is 5.56 Å². The van der Waals surface area contributed by atoms with Crippen molar-refractivity contribution in [3.63, 3.8) is 0 Å². The quantitative estimate of drug-likeness (QED) is 0.592. The zero-order valence-corrected chi connectivity index (χ0v) is 16.8. The fourth-order valence-corrected chi connectivity index (χ4v) is 2.59. The van der Waals surface area contributed by atoms with Gasteiger partial charge in [-0.1, -0.05) is 41.6 Å². The molecule has 0 radical (unpaired) electrons. The van der Waals surface area contributed by atoms with E-state index in [0.29, 0.717) is 36.8 Å². The first-order chi connectivity index (χ1) is 14.5. The van der Waals surface area contributed by atoms with Crippen LogP contribution in [0.25, 0.3) is 0 Å². The second-order valence-corrected chi connectivity index (χ2v) is 6.52. The number of urea groups is 1. The van der Waals surface area contributed by atoms with Crippen molar-refractivity contribution < 1.29 is 18.8 Å². The van der Waals surface area contributed by atoms with Gasteiger partial charge in [0.2, 0.25) is 0 Å². The van der Waals surface area contributed by atoms with Gasteiger partial charge in [0, 0.05) is 38.3 Å². The van der Waals surface area contributed by atoms with Crippen LogP contribution in [0.1, 0.15) is 22.1 Å². The Bertz CT molecular complexity index is 990. The predicted octanol–water partition coefficient (Wildman–Crippen LogP) is 2.71. The second-order valence-electron chi connectivity index (χ2n) is 6.52. The lowest BCUT2D eigenvalue weighted by Crippen LogP contribution is -2.33. The lowest BCUT2D eigenvalue weighted by Gasteiger charge is -2.17. The first kappa shape index (κ1) is 20.8. The van der Waals surface area contributed by atoms with E-state index in [1.165, 1.54) is 4.90 Å². The van der Waals surface area contributed by atoms with Crippen LogP contribution in [0.3, 0.4) is 0 Å². The Kier molecular flexibility index (Phi) is 6.99. The van der Waals surface area contributed by atoms with Crippen LogP contribution >= 0.6 is 0 Å². The summed E-state index contributed by atoms with van der Waals surface area (Å²) in [6, 6.07) is 16.3. The van der Waals surface area contributed by atoms with Crippen molar-refractivity contribution in [1.82, 2.24) is 20.4 Å². The van der Waals surface area contributed by atoms with Crippen LogP contribution in [0.2, 0.25) is 0 Å². The number of benzene rings is 2. The number of anilines is 1. The van der Waals surface area contributed by atoms with Gasteiger partial charge < -0.3 is 24.8 Å². The monoisotopic (exact) mass is 409 g/mol. The van der Waals surface area contributed by atoms with Gasteiger partial charge in [0.15, 0.2) is 5.82 Å². The number of likely N-dealkylation sites (N-methyl/N-ethyl adjacent to an activating group) is 1. The maximum atomic E-state index is 12.3. The number of aromatic nitrogens is 2. The molecule has 30 heavy (non-hydrogen) atoms. The highest BCUT2D eigenvalue weighted by molar-refractivity contribution is 5.90. The average molecular weight is 409 g/mol. The number of carbonyl (C=O) groups is 2. The van der Waals surface area contributed by atoms with Crippen molar-refractivity contribution in [2.24, 2.45) is 0 Å². The number of hydrogen-bond donors (Lipinski definition) is 2. The van der Waals surface area contributed by atoms with Crippen molar-refractivity contribution in [3.05, 3.63) is 71.9 Å². The van der Waals surface area contributed by atoms with E-state index in [-0.39, 0.29) is 11.9 Å². The molecule has 0 saturated heterocycles. The highest BCUT2D eigenvalue weighted by atomic mass is 16.5. The van der Waals surface area contributed by atoms with E-state index in [9.17, 15) is 9.59 Å². The van der Waals surface area contributed by atoms with Crippen molar-refractivity contribution in [3.8, 4) is 5.75 Å². The topological polar surface area (TPSA) is 110 Å². The molecule has 2 aromatic carbocycles. The van der Waals surface area contributed by atoms with Gasteiger partial charge >= 0.3 is 17.8 Å². The summed E-state index contributed by atoms with van der Waals surface area (Å²) in [5, 5.41) is 9.32. The van der Waals surface area contributed by atoms with Gasteiger partial charge in [-0.15, -0.1) is 0 Å². The first-order valence-corrected chi connectivity index (χ1v) is 9.36. The molecule has 2 N–H and O–H groups in total. The zero-order chi connectivity index (χ0) is 21.3. The molecule has 1 aromatic heterocycles. The van der Waals surface area contributed by atoms with Gasteiger partial charge in [-0.25, -0.2) is 4.79 Å². The molecule has 3 amide bonds. The molecule has 0 spiro atoms. The third kappa shape index (κ3) is 5.81. The number of ether oxygens (including phenoxy) is 1. The van der Waals surface area contributed by atoms with Crippen LogP contribution in [-0.4, -0.2) is 47.7 Å². The van der Waals surface area contributed by atoms with Crippen LogP contribution in [0, 0.1) is 0 Å². The molecule has 0 aliphatic heterocycles. The summed E-state index contributed by atoms with van der Waals surface area (Å²) >= 11 is 0. The van der Waals surface area contributed by atoms with Crippen LogP contribution in [0.5, 0.6) is 5.75 Å². The van der Waals surface area contributed by atoms with Crippen molar-refractivity contribution in [1.29, 1.82) is 0 Å². The van der Waals surface area contributed by atoms with E-state index in [2.05, 4.69) is 20.8 Å². The van der Waals surface area contributed by atoms with Gasteiger partial charge in [0.05, 0.1) is 7.11 Å². The number of nitrogens with zero attached hydrogens (tertiary/aromatic N) is 3. The Morgan fingerprint density at radius 2 is 1.93 bits per heavy atom. The molecule has 9 heteroatoms. The van der Waals surface area contributed by atoms with Gasteiger partial charge in [0.1, 0.15) is 5.75 Å².